The van der Waals surface area contributed by atoms with E-state index in [0.29, 0.717) is 24.4 Å². The van der Waals surface area contributed by atoms with E-state index in [1.54, 1.807) is 0 Å². The van der Waals surface area contributed by atoms with E-state index >= 15 is 0 Å². The maximum absolute atomic E-state index is 5.88. The molecule has 6 nitrogen and oxygen atoms in total. The predicted octanol–water partition coefficient (Wildman–Crippen LogP) is 5.08. The number of nitrogens with one attached hydrogen (secondary N) is 1. The Balaban J connectivity index is 0.00000218. The van der Waals surface area contributed by atoms with Gasteiger partial charge in [0.05, 0.1) is 18.2 Å². The largest absolute Gasteiger partial charge is 0.402 e. The van der Waals surface area contributed by atoms with Crippen LogP contribution in [0.2, 0.25) is 0 Å². The summed E-state index contributed by atoms with van der Waals surface area (Å²) < 4.78 is 11.3. The number of rotatable bonds is 4. The molecule has 30 heavy (non-hydrogen) atoms. The van der Waals surface area contributed by atoms with Gasteiger partial charge in [-0.25, -0.2) is 4.98 Å². The first-order chi connectivity index (χ1) is 13.9. The van der Waals surface area contributed by atoms with Crippen LogP contribution in [0, 0.1) is 6.92 Å². The second-order valence-electron chi connectivity index (χ2n) is 9.43. The van der Waals surface area contributed by atoms with E-state index in [0.717, 1.165) is 24.2 Å². The van der Waals surface area contributed by atoms with Gasteiger partial charge >= 0.3 is 6.01 Å². The number of fused-ring (bicyclic) bond motifs is 1. The SMILES string of the molecule is Cc1cc(-c2nnc(N[C@H]3CCOC3)o2)nc2c(C(C)(C)C)cc(C3CC3)cc12.S. The zero-order valence-electron chi connectivity index (χ0n) is 18.1. The summed E-state index contributed by atoms with van der Waals surface area (Å²) in [6, 6.07) is 7.39. The van der Waals surface area contributed by atoms with Crippen molar-refractivity contribution in [3.8, 4) is 11.6 Å². The van der Waals surface area contributed by atoms with E-state index in [1.165, 1.54) is 34.9 Å². The minimum Gasteiger partial charge on any atom is -0.402 e. The summed E-state index contributed by atoms with van der Waals surface area (Å²) in [4.78, 5) is 4.99. The molecule has 3 aromatic rings. The molecule has 7 heteroatoms. The van der Waals surface area contributed by atoms with Crippen molar-refractivity contribution in [3.05, 3.63) is 34.9 Å². The van der Waals surface area contributed by atoms with E-state index in [-0.39, 0.29) is 25.0 Å². The fourth-order valence-corrected chi connectivity index (χ4v) is 4.06. The van der Waals surface area contributed by atoms with Crippen molar-refractivity contribution >= 4 is 30.4 Å². The monoisotopic (exact) mass is 426 g/mol. The van der Waals surface area contributed by atoms with Gasteiger partial charge in [0.25, 0.3) is 5.89 Å². The molecule has 2 aromatic heterocycles. The Labute approximate surface area is 184 Å². The molecule has 0 bridgehead atoms. The van der Waals surface area contributed by atoms with Gasteiger partial charge < -0.3 is 14.5 Å². The zero-order chi connectivity index (χ0) is 20.2. The Morgan fingerprint density at radius 2 is 1.87 bits per heavy atom. The molecule has 0 amide bonds. The first-order valence-corrected chi connectivity index (χ1v) is 10.5. The predicted molar refractivity (Wildman–Crippen MR) is 124 cm³/mol. The minimum absolute atomic E-state index is 0. The Hall–Kier alpha value is -2.12. The van der Waals surface area contributed by atoms with E-state index < -0.39 is 0 Å². The molecular weight excluding hydrogens is 396 g/mol. The summed E-state index contributed by atoms with van der Waals surface area (Å²) in [6.45, 7) is 10.3. The summed E-state index contributed by atoms with van der Waals surface area (Å²) in [7, 11) is 0. The number of hydrogen-bond donors (Lipinski definition) is 1. The van der Waals surface area contributed by atoms with Crippen molar-refractivity contribution in [3.63, 3.8) is 0 Å². The van der Waals surface area contributed by atoms with Gasteiger partial charge in [-0.2, -0.15) is 13.5 Å². The fourth-order valence-electron chi connectivity index (χ4n) is 4.06. The maximum atomic E-state index is 5.88. The third kappa shape index (κ3) is 4.05. The third-order valence-corrected chi connectivity index (χ3v) is 5.90. The lowest BCUT2D eigenvalue weighted by Crippen LogP contribution is -2.18. The molecule has 0 unspecified atom stereocenters. The normalized spacial score (nSPS) is 19.1. The highest BCUT2D eigenvalue weighted by Gasteiger charge is 2.28. The minimum atomic E-state index is 0. The van der Waals surface area contributed by atoms with Gasteiger partial charge in [0, 0.05) is 12.0 Å². The molecule has 1 saturated heterocycles. The zero-order valence-corrected chi connectivity index (χ0v) is 19.1. The molecule has 160 valence electrons. The molecule has 1 atom stereocenters. The molecule has 1 aromatic carbocycles. The summed E-state index contributed by atoms with van der Waals surface area (Å²) in [6.07, 6.45) is 3.54. The van der Waals surface area contributed by atoms with E-state index in [1.807, 2.05) is 0 Å². The number of pyridine rings is 1. The Morgan fingerprint density at radius 3 is 2.53 bits per heavy atom. The average Bonchev–Trinajstić information content (AvgIpc) is 3.20. The van der Waals surface area contributed by atoms with Gasteiger partial charge in [-0.05, 0) is 66.3 Å². The van der Waals surface area contributed by atoms with Crippen molar-refractivity contribution in [1.82, 2.24) is 15.2 Å². The van der Waals surface area contributed by atoms with Crippen LogP contribution in [0.25, 0.3) is 22.5 Å². The van der Waals surface area contributed by atoms with Crippen LogP contribution in [0.5, 0.6) is 0 Å². The first-order valence-electron chi connectivity index (χ1n) is 10.5. The summed E-state index contributed by atoms with van der Waals surface area (Å²) in [5.41, 5.74) is 5.68. The van der Waals surface area contributed by atoms with Crippen LogP contribution in [-0.4, -0.2) is 34.4 Å². The number of aryl methyl sites for hydroxylation is 1. The van der Waals surface area contributed by atoms with Crippen molar-refractivity contribution in [2.45, 2.75) is 64.3 Å². The van der Waals surface area contributed by atoms with Crippen molar-refractivity contribution in [2.75, 3.05) is 18.5 Å². The first kappa shape index (κ1) is 21.1. The van der Waals surface area contributed by atoms with Gasteiger partial charge in [-0.1, -0.05) is 31.9 Å². The van der Waals surface area contributed by atoms with Crippen molar-refractivity contribution in [1.29, 1.82) is 0 Å². The maximum Gasteiger partial charge on any atom is 0.316 e. The topological polar surface area (TPSA) is 73.1 Å². The van der Waals surface area contributed by atoms with E-state index in [4.69, 9.17) is 14.1 Å². The van der Waals surface area contributed by atoms with Crippen LogP contribution in [0.4, 0.5) is 6.01 Å². The fraction of sp³-hybridized carbons (Fsp3) is 0.522. The Morgan fingerprint density at radius 1 is 1.07 bits per heavy atom. The Bertz CT molecular complexity index is 1060. The van der Waals surface area contributed by atoms with E-state index in [9.17, 15) is 0 Å². The van der Waals surface area contributed by atoms with Crippen molar-refractivity contribution < 1.29 is 9.15 Å². The Kier molecular flexibility index (Phi) is 5.53. The highest BCUT2D eigenvalue weighted by molar-refractivity contribution is 7.59. The summed E-state index contributed by atoms with van der Waals surface area (Å²) in [5, 5.41) is 12.9. The molecule has 0 spiro atoms. The highest BCUT2D eigenvalue weighted by atomic mass is 32.1. The van der Waals surface area contributed by atoms with Crippen LogP contribution in [-0.2, 0) is 10.2 Å². The molecule has 2 fully saturated rings. The molecule has 1 aliphatic heterocycles. The molecule has 2 aliphatic rings. The highest BCUT2D eigenvalue weighted by Crippen LogP contribution is 2.44. The quantitative estimate of drug-likeness (QED) is 0.627. The van der Waals surface area contributed by atoms with Crippen LogP contribution in [0.15, 0.2) is 22.6 Å². The second-order valence-corrected chi connectivity index (χ2v) is 9.43. The summed E-state index contributed by atoms with van der Waals surface area (Å²) in [5.74, 6) is 1.16. The molecule has 5 rings (SSSR count). The lowest BCUT2D eigenvalue weighted by Gasteiger charge is -2.23. The number of anilines is 1. The molecule has 1 N–H and O–H groups in total. The average molecular weight is 427 g/mol. The van der Waals surface area contributed by atoms with Crippen LogP contribution < -0.4 is 5.32 Å². The van der Waals surface area contributed by atoms with Gasteiger partial charge in [-0.3, -0.25) is 0 Å². The summed E-state index contributed by atoms with van der Waals surface area (Å²) >= 11 is 0. The van der Waals surface area contributed by atoms with Gasteiger partial charge in [0.15, 0.2) is 0 Å². The molecule has 0 radical (unpaired) electrons. The molecule has 1 aliphatic carbocycles. The smallest absolute Gasteiger partial charge is 0.316 e. The van der Waals surface area contributed by atoms with Crippen molar-refractivity contribution in [2.24, 2.45) is 0 Å². The third-order valence-electron chi connectivity index (χ3n) is 5.90. The van der Waals surface area contributed by atoms with Gasteiger partial charge in [0.1, 0.15) is 5.69 Å². The molecule has 1 saturated carbocycles. The number of aromatic nitrogens is 3. The number of benzene rings is 1. The van der Waals surface area contributed by atoms with Crippen LogP contribution in [0.3, 0.4) is 0 Å². The molecular formula is C23H30N4O2S. The lowest BCUT2D eigenvalue weighted by atomic mass is 9.83. The number of nitrogens with zero attached hydrogens (tertiary/aromatic N) is 3. The van der Waals surface area contributed by atoms with Crippen LogP contribution in [0.1, 0.15) is 62.6 Å². The number of ether oxygens (including phenoxy) is 1. The second kappa shape index (κ2) is 7.85. The van der Waals surface area contributed by atoms with E-state index in [2.05, 4.69) is 61.4 Å². The van der Waals surface area contributed by atoms with Crippen LogP contribution >= 0.6 is 13.5 Å². The standard InChI is InChI=1S/C23H28N4O2.H2S/c1-13-9-19(21-26-27-22(29-21)24-16-7-8-28-12-16)25-20-17(13)10-15(14-5-6-14)11-18(20)23(2,3)4;/h9-11,14,16H,5-8,12H2,1-4H3,(H,24,27);1H2/t16-;/m0./s1. The number of hydrogen-bond acceptors (Lipinski definition) is 6. The van der Waals surface area contributed by atoms with Gasteiger partial charge in [0.2, 0.25) is 0 Å². The van der Waals surface area contributed by atoms with Gasteiger partial charge in [-0.15, -0.1) is 5.10 Å². The lowest BCUT2D eigenvalue weighted by molar-refractivity contribution is 0.195. The molecule has 3 heterocycles.